The number of aromatic nitrogens is 4. The number of nitrogens with one attached hydrogen (secondary N) is 1. The number of unbranched alkanes of at least 4 members (excludes halogenated alkanes) is 1. The lowest BCUT2D eigenvalue weighted by atomic mass is 10.1. The summed E-state index contributed by atoms with van der Waals surface area (Å²) in [6, 6.07) is 18.5. The smallest absolute Gasteiger partial charge is 0.269 e. The summed E-state index contributed by atoms with van der Waals surface area (Å²) in [6.45, 7) is 1.15. The first-order valence-electron chi connectivity index (χ1n) is 13.7. The Balaban J connectivity index is 0.000000337. The number of benzene rings is 3. The van der Waals surface area contributed by atoms with Crippen molar-refractivity contribution in [2.45, 2.75) is 32.4 Å². The minimum atomic E-state index is -0.620. The fourth-order valence-corrected chi connectivity index (χ4v) is 4.73. The van der Waals surface area contributed by atoms with E-state index in [0.717, 1.165) is 31.6 Å². The van der Waals surface area contributed by atoms with Crippen molar-refractivity contribution >= 4 is 50.6 Å². The summed E-state index contributed by atoms with van der Waals surface area (Å²) in [5.74, 6) is 0.365. The molecule has 0 saturated heterocycles. The highest BCUT2D eigenvalue weighted by Crippen LogP contribution is 2.20. The van der Waals surface area contributed by atoms with Crippen LogP contribution in [0.25, 0.3) is 0 Å². The molecule has 0 aliphatic heterocycles. The van der Waals surface area contributed by atoms with Gasteiger partial charge in [0, 0.05) is 53.5 Å². The molecule has 0 unspecified atom stereocenters. The molecule has 46 heavy (non-hydrogen) atoms. The number of hydrogen-bond donors (Lipinski definition) is 1. The number of rotatable bonds is 13. The number of hydrogen-bond acceptors (Lipinski definition) is 11. The highest BCUT2D eigenvalue weighted by atomic mass is 35.5. The average molecular weight is 664 g/mol. The standard InChI is InChI=1S/C23H22N6O4S.C7H4ClNO3/c30-22(18-6-8-20(9-7-18)29(31)32)26-23-25-19(16-34-23)15-33-21-10-4-17(5-11-21)3-1-2-13-28-14-12-24-27-28;8-7(10)5-1-3-6(4-2-5)9(11)12/h4-12,14,16H,1-3,13,15H2,(H,25,26,30);1-4H. The van der Waals surface area contributed by atoms with Crippen LogP contribution in [0.5, 0.6) is 5.75 Å². The van der Waals surface area contributed by atoms with Crippen LogP contribution in [0, 0.1) is 20.2 Å². The Morgan fingerprint density at radius 2 is 1.52 bits per heavy atom. The molecule has 5 aromatic rings. The SMILES string of the molecule is O=C(Cl)c1ccc([N+](=O)[O-])cc1.O=C(Nc1nc(COc2ccc(CCCCn3ccnn3)cc2)cs1)c1ccc([N+](=O)[O-])cc1. The van der Waals surface area contributed by atoms with Gasteiger partial charge in [-0.25, -0.2) is 4.98 Å². The van der Waals surface area contributed by atoms with E-state index in [1.807, 2.05) is 28.4 Å². The molecule has 1 amide bonds. The van der Waals surface area contributed by atoms with E-state index in [0.29, 0.717) is 16.4 Å². The molecule has 0 atom stereocenters. The van der Waals surface area contributed by atoms with Crippen molar-refractivity contribution in [2.24, 2.45) is 0 Å². The van der Waals surface area contributed by atoms with Gasteiger partial charge in [0.15, 0.2) is 5.13 Å². The van der Waals surface area contributed by atoms with Crippen molar-refractivity contribution in [3.8, 4) is 5.75 Å². The van der Waals surface area contributed by atoms with Crippen LogP contribution in [0.1, 0.15) is 44.8 Å². The number of nitro benzene ring substituents is 2. The second kappa shape index (κ2) is 16.5. The lowest BCUT2D eigenvalue weighted by Crippen LogP contribution is -2.11. The van der Waals surface area contributed by atoms with Gasteiger partial charge in [-0.2, -0.15) is 0 Å². The van der Waals surface area contributed by atoms with E-state index < -0.39 is 15.1 Å². The van der Waals surface area contributed by atoms with Crippen LogP contribution in [0.3, 0.4) is 0 Å². The van der Waals surface area contributed by atoms with Crippen LogP contribution in [-0.4, -0.2) is 41.0 Å². The first kappa shape index (κ1) is 33.4. The number of nitro groups is 2. The van der Waals surface area contributed by atoms with Gasteiger partial charge >= 0.3 is 0 Å². The maximum atomic E-state index is 12.3. The fraction of sp³-hybridized carbons (Fsp3) is 0.167. The van der Waals surface area contributed by atoms with Crippen LogP contribution in [-0.2, 0) is 19.6 Å². The first-order valence-corrected chi connectivity index (χ1v) is 14.9. The highest BCUT2D eigenvalue weighted by molar-refractivity contribution is 7.14. The van der Waals surface area contributed by atoms with Crippen LogP contribution in [0.15, 0.2) is 90.6 Å². The molecule has 2 heterocycles. The Morgan fingerprint density at radius 3 is 2.09 bits per heavy atom. The van der Waals surface area contributed by atoms with Crippen LogP contribution >= 0.6 is 22.9 Å². The molecule has 0 aliphatic carbocycles. The molecular weight excluding hydrogens is 638 g/mol. The number of ether oxygens (including phenoxy) is 1. The molecule has 3 aromatic carbocycles. The van der Waals surface area contributed by atoms with Crippen molar-refractivity contribution in [1.82, 2.24) is 20.0 Å². The van der Waals surface area contributed by atoms with Gasteiger partial charge in [0.25, 0.3) is 22.5 Å². The minimum absolute atomic E-state index is 0.0586. The molecule has 0 spiro atoms. The third kappa shape index (κ3) is 10.3. The van der Waals surface area contributed by atoms with Crippen LogP contribution in [0.2, 0.25) is 0 Å². The van der Waals surface area contributed by atoms with Gasteiger partial charge in [-0.3, -0.25) is 39.8 Å². The second-order valence-corrected chi connectivity index (χ2v) is 10.7. The number of non-ortho nitro benzene ring substituents is 2. The molecular formula is C30H26ClN7O7S. The quantitative estimate of drug-likeness (QED) is 0.0633. The number of nitrogens with zero attached hydrogens (tertiary/aromatic N) is 6. The Bertz CT molecular complexity index is 1730. The third-order valence-electron chi connectivity index (χ3n) is 6.30. The number of carbonyl (C=O) groups excluding carboxylic acids is 2. The second-order valence-electron chi connectivity index (χ2n) is 9.54. The summed E-state index contributed by atoms with van der Waals surface area (Å²) in [5.41, 5.74) is 2.38. The van der Waals surface area contributed by atoms with E-state index in [1.165, 1.54) is 65.4 Å². The van der Waals surface area contributed by atoms with Gasteiger partial charge in [0.05, 0.1) is 21.7 Å². The molecule has 0 fully saturated rings. The predicted molar refractivity (Wildman–Crippen MR) is 170 cm³/mol. The lowest BCUT2D eigenvalue weighted by Gasteiger charge is -2.06. The predicted octanol–water partition coefficient (Wildman–Crippen LogP) is 6.47. The van der Waals surface area contributed by atoms with Crippen molar-refractivity contribution in [2.75, 3.05) is 5.32 Å². The molecule has 2 aromatic heterocycles. The monoisotopic (exact) mass is 663 g/mol. The third-order valence-corrected chi connectivity index (χ3v) is 7.33. The van der Waals surface area contributed by atoms with Crippen molar-refractivity contribution in [1.29, 1.82) is 0 Å². The number of thiazole rings is 1. The van der Waals surface area contributed by atoms with Gasteiger partial charge < -0.3 is 4.74 Å². The average Bonchev–Trinajstić information content (AvgIpc) is 3.75. The Morgan fingerprint density at radius 1 is 0.891 bits per heavy atom. The van der Waals surface area contributed by atoms with Gasteiger partial charge in [0.1, 0.15) is 12.4 Å². The summed E-state index contributed by atoms with van der Waals surface area (Å²) in [4.78, 5) is 47.1. The molecule has 16 heteroatoms. The maximum absolute atomic E-state index is 12.3. The number of anilines is 1. The van der Waals surface area contributed by atoms with Gasteiger partial charge in [0.2, 0.25) is 0 Å². The number of halogens is 1. The summed E-state index contributed by atoms with van der Waals surface area (Å²) in [7, 11) is 0. The summed E-state index contributed by atoms with van der Waals surface area (Å²) in [5, 5.41) is 33.0. The first-order chi connectivity index (χ1) is 22.2. The number of aryl methyl sites for hydroxylation is 2. The van der Waals surface area contributed by atoms with Crippen molar-refractivity contribution in [3.05, 3.63) is 133 Å². The Labute approximate surface area is 270 Å². The molecule has 14 nitrogen and oxygen atoms in total. The van der Waals surface area contributed by atoms with E-state index in [2.05, 4.69) is 32.7 Å². The number of amides is 1. The summed E-state index contributed by atoms with van der Waals surface area (Å²) in [6.07, 6.45) is 6.63. The maximum Gasteiger partial charge on any atom is 0.269 e. The topological polar surface area (TPSA) is 185 Å². The van der Waals surface area contributed by atoms with Gasteiger partial charge in [-0.15, -0.1) is 16.4 Å². The lowest BCUT2D eigenvalue weighted by molar-refractivity contribution is -0.385. The molecule has 5 rings (SSSR count). The van der Waals surface area contributed by atoms with Crippen LogP contribution < -0.4 is 10.1 Å². The van der Waals surface area contributed by atoms with E-state index in [1.54, 1.807) is 6.20 Å². The van der Waals surface area contributed by atoms with Crippen molar-refractivity contribution in [3.63, 3.8) is 0 Å². The molecule has 0 bridgehead atoms. The minimum Gasteiger partial charge on any atom is -0.487 e. The van der Waals surface area contributed by atoms with E-state index in [9.17, 15) is 29.8 Å². The zero-order chi connectivity index (χ0) is 32.9. The Hall–Kier alpha value is -5.54. The van der Waals surface area contributed by atoms with Gasteiger partial charge in [-0.05, 0) is 72.8 Å². The molecule has 0 saturated carbocycles. The zero-order valence-electron chi connectivity index (χ0n) is 24.0. The highest BCUT2D eigenvalue weighted by Gasteiger charge is 2.12. The Kier molecular flexibility index (Phi) is 12.0. The van der Waals surface area contributed by atoms with E-state index in [-0.39, 0.29) is 29.5 Å². The summed E-state index contributed by atoms with van der Waals surface area (Å²) >= 11 is 6.41. The van der Waals surface area contributed by atoms with Crippen molar-refractivity contribution < 1.29 is 24.2 Å². The number of carbonyl (C=O) groups is 2. The fourth-order valence-electron chi connectivity index (χ4n) is 3.91. The normalized spacial score (nSPS) is 10.4. The van der Waals surface area contributed by atoms with E-state index >= 15 is 0 Å². The summed E-state index contributed by atoms with van der Waals surface area (Å²) < 4.78 is 7.64. The molecule has 0 radical (unpaired) electrons. The van der Waals surface area contributed by atoms with Crippen LogP contribution in [0.4, 0.5) is 16.5 Å². The van der Waals surface area contributed by atoms with Gasteiger partial charge in [-0.1, -0.05) is 17.3 Å². The molecule has 236 valence electrons. The largest absolute Gasteiger partial charge is 0.487 e. The molecule has 1 N–H and O–H groups in total. The molecule has 0 aliphatic rings. The van der Waals surface area contributed by atoms with E-state index in [4.69, 9.17) is 16.3 Å². The zero-order valence-corrected chi connectivity index (χ0v) is 25.6.